The maximum absolute atomic E-state index is 12.7. The molecular formula is C18H17F5N2O4S. The Morgan fingerprint density at radius 2 is 2.00 bits per heavy atom. The highest BCUT2D eigenvalue weighted by atomic mass is 32.1. The van der Waals surface area contributed by atoms with Crippen molar-refractivity contribution in [2.45, 2.75) is 31.4 Å². The number of thiazole rings is 1. The Kier molecular flexibility index (Phi) is 6.76. The van der Waals surface area contributed by atoms with Gasteiger partial charge in [0, 0.05) is 17.5 Å². The number of ether oxygens (including phenoxy) is 3. The summed E-state index contributed by atoms with van der Waals surface area (Å²) in [5, 5.41) is 0.703. The van der Waals surface area contributed by atoms with Crippen LogP contribution < -0.4 is 9.64 Å². The van der Waals surface area contributed by atoms with Gasteiger partial charge >= 0.3 is 18.8 Å². The minimum Gasteiger partial charge on any atom is -0.465 e. The van der Waals surface area contributed by atoms with Gasteiger partial charge in [0.2, 0.25) is 0 Å². The van der Waals surface area contributed by atoms with Crippen molar-refractivity contribution in [2.24, 2.45) is 0 Å². The number of halogens is 5. The van der Waals surface area contributed by atoms with E-state index in [4.69, 9.17) is 4.74 Å². The first-order valence-electron chi connectivity index (χ1n) is 8.71. The average molecular weight is 452 g/mol. The van der Waals surface area contributed by atoms with E-state index in [0.29, 0.717) is 22.6 Å². The molecule has 0 amide bonds. The van der Waals surface area contributed by atoms with Crippen LogP contribution in [0.4, 0.5) is 27.6 Å². The molecule has 0 spiro atoms. The fourth-order valence-corrected chi connectivity index (χ4v) is 3.85. The molecule has 0 bridgehead atoms. The van der Waals surface area contributed by atoms with Gasteiger partial charge in [-0.25, -0.2) is 4.79 Å². The van der Waals surface area contributed by atoms with Crippen molar-refractivity contribution >= 4 is 23.0 Å². The molecule has 1 aromatic heterocycles. The molecule has 2 atom stereocenters. The first kappa shape index (κ1) is 22.2. The maximum Gasteiger partial charge on any atom is 0.434 e. The standard InChI is InChI=1S/C18H17F5N2O4S/c1-27-15(26)10-2-4-11(5-3-10)25-7-13(6-12(25)8-28-16(19)20)29-17-24-14(9-30-17)18(21,22)23/h2-5,9,12-13,16H,6-8H2,1H3/t12-,13-/m0/s1. The van der Waals surface area contributed by atoms with Gasteiger partial charge in [0.1, 0.15) is 6.10 Å². The summed E-state index contributed by atoms with van der Waals surface area (Å²) in [6, 6.07) is 5.79. The summed E-state index contributed by atoms with van der Waals surface area (Å²) in [5.41, 5.74) is -0.115. The molecule has 1 aromatic carbocycles. The molecule has 6 nitrogen and oxygen atoms in total. The third kappa shape index (κ3) is 5.36. The van der Waals surface area contributed by atoms with E-state index in [1.807, 2.05) is 0 Å². The largest absolute Gasteiger partial charge is 0.465 e. The molecule has 0 unspecified atom stereocenters. The van der Waals surface area contributed by atoms with Gasteiger partial charge in [-0.2, -0.15) is 26.9 Å². The summed E-state index contributed by atoms with van der Waals surface area (Å²) >= 11 is 0.713. The number of carbonyl (C=O) groups excluding carboxylic acids is 1. The summed E-state index contributed by atoms with van der Waals surface area (Å²) in [6.07, 6.45) is -4.91. The molecular weight excluding hydrogens is 435 g/mol. The maximum atomic E-state index is 12.7. The molecule has 2 heterocycles. The van der Waals surface area contributed by atoms with E-state index in [1.54, 1.807) is 17.0 Å². The summed E-state index contributed by atoms with van der Waals surface area (Å²) in [7, 11) is 1.25. The second-order valence-corrected chi connectivity index (χ2v) is 7.23. The van der Waals surface area contributed by atoms with Gasteiger partial charge in [0.25, 0.3) is 5.19 Å². The molecule has 2 aromatic rings. The Labute approximate surface area is 172 Å². The van der Waals surface area contributed by atoms with E-state index < -0.39 is 36.6 Å². The molecule has 3 rings (SSSR count). The van der Waals surface area contributed by atoms with Gasteiger partial charge in [-0.05, 0) is 24.3 Å². The number of carbonyl (C=O) groups is 1. The second kappa shape index (κ2) is 9.13. The first-order chi connectivity index (χ1) is 14.2. The molecule has 0 saturated carbocycles. The van der Waals surface area contributed by atoms with Crippen molar-refractivity contribution in [2.75, 3.05) is 25.2 Å². The van der Waals surface area contributed by atoms with Crippen LogP contribution >= 0.6 is 11.3 Å². The molecule has 164 valence electrons. The van der Waals surface area contributed by atoms with Crippen LogP contribution in [0.2, 0.25) is 0 Å². The number of nitrogens with zero attached hydrogens (tertiary/aromatic N) is 2. The van der Waals surface area contributed by atoms with Crippen molar-refractivity contribution in [3.05, 3.63) is 40.9 Å². The van der Waals surface area contributed by atoms with Crippen molar-refractivity contribution in [1.29, 1.82) is 0 Å². The van der Waals surface area contributed by atoms with Crippen LogP contribution in [-0.4, -0.2) is 50.0 Å². The van der Waals surface area contributed by atoms with Gasteiger partial charge in [-0.15, -0.1) is 0 Å². The van der Waals surface area contributed by atoms with Crippen LogP contribution in [0.3, 0.4) is 0 Å². The number of hydrogen-bond donors (Lipinski definition) is 0. The number of benzene rings is 1. The van der Waals surface area contributed by atoms with E-state index in [2.05, 4.69) is 14.5 Å². The van der Waals surface area contributed by atoms with Crippen LogP contribution in [0, 0.1) is 0 Å². The van der Waals surface area contributed by atoms with E-state index in [9.17, 15) is 26.7 Å². The molecule has 30 heavy (non-hydrogen) atoms. The summed E-state index contributed by atoms with van der Waals surface area (Å²) in [5.74, 6) is -0.522. The number of alkyl halides is 5. The molecule has 1 aliphatic rings. The summed E-state index contributed by atoms with van der Waals surface area (Å²) in [6.45, 7) is -3.04. The van der Waals surface area contributed by atoms with Crippen LogP contribution in [-0.2, 0) is 15.7 Å². The quantitative estimate of drug-likeness (QED) is 0.463. The third-order valence-electron chi connectivity index (χ3n) is 4.45. The van der Waals surface area contributed by atoms with E-state index in [1.165, 1.54) is 19.2 Å². The number of aromatic nitrogens is 1. The highest BCUT2D eigenvalue weighted by molar-refractivity contribution is 7.11. The summed E-state index contributed by atoms with van der Waals surface area (Å²) in [4.78, 5) is 16.7. The van der Waals surface area contributed by atoms with E-state index in [0.717, 1.165) is 5.38 Å². The van der Waals surface area contributed by atoms with Gasteiger partial charge in [-0.1, -0.05) is 11.3 Å². The fraction of sp³-hybridized carbons (Fsp3) is 0.444. The molecule has 0 N–H and O–H groups in total. The fourth-order valence-electron chi connectivity index (χ4n) is 3.11. The Hall–Kier alpha value is -2.47. The molecule has 0 radical (unpaired) electrons. The van der Waals surface area contributed by atoms with Crippen molar-refractivity contribution < 1.29 is 41.0 Å². The number of rotatable bonds is 7. The topological polar surface area (TPSA) is 60.9 Å². The molecule has 1 saturated heterocycles. The third-order valence-corrected chi connectivity index (χ3v) is 5.18. The Bertz CT molecular complexity index is 859. The zero-order chi connectivity index (χ0) is 21.9. The van der Waals surface area contributed by atoms with Crippen molar-refractivity contribution in [3.8, 4) is 5.19 Å². The number of anilines is 1. The monoisotopic (exact) mass is 452 g/mol. The normalized spacial score (nSPS) is 19.4. The Morgan fingerprint density at radius 3 is 2.57 bits per heavy atom. The smallest absolute Gasteiger partial charge is 0.434 e. The first-order valence-corrected chi connectivity index (χ1v) is 9.59. The molecule has 1 aliphatic heterocycles. The SMILES string of the molecule is COC(=O)c1ccc(N2C[C@@H](Oc3nc(C(F)(F)F)cs3)C[C@H]2COC(F)F)cc1. The highest BCUT2D eigenvalue weighted by Gasteiger charge is 2.37. The van der Waals surface area contributed by atoms with Crippen LogP contribution in [0.15, 0.2) is 29.6 Å². The second-order valence-electron chi connectivity index (χ2n) is 6.41. The lowest BCUT2D eigenvalue weighted by Gasteiger charge is -2.26. The zero-order valence-electron chi connectivity index (χ0n) is 15.6. The van der Waals surface area contributed by atoms with Crippen LogP contribution in [0.5, 0.6) is 5.19 Å². The predicted molar refractivity (Wildman–Crippen MR) is 97.0 cm³/mol. The van der Waals surface area contributed by atoms with Gasteiger partial charge in [0.05, 0.1) is 31.9 Å². The molecule has 0 aliphatic carbocycles. The zero-order valence-corrected chi connectivity index (χ0v) is 16.4. The van der Waals surface area contributed by atoms with E-state index in [-0.39, 0.29) is 24.8 Å². The van der Waals surface area contributed by atoms with Crippen molar-refractivity contribution in [3.63, 3.8) is 0 Å². The minimum absolute atomic E-state index is 0.149. The average Bonchev–Trinajstić information content (AvgIpc) is 3.33. The molecule has 12 heteroatoms. The van der Waals surface area contributed by atoms with Gasteiger partial charge < -0.3 is 19.1 Å². The summed E-state index contributed by atoms with van der Waals surface area (Å²) < 4.78 is 77.8. The molecule has 1 fully saturated rings. The lowest BCUT2D eigenvalue weighted by molar-refractivity contribution is -0.141. The lowest BCUT2D eigenvalue weighted by Crippen LogP contribution is -2.34. The Morgan fingerprint density at radius 1 is 1.30 bits per heavy atom. The van der Waals surface area contributed by atoms with Crippen LogP contribution in [0.1, 0.15) is 22.5 Å². The highest BCUT2D eigenvalue weighted by Crippen LogP contribution is 2.34. The van der Waals surface area contributed by atoms with E-state index >= 15 is 0 Å². The van der Waals surface area contributed by atoms with Gasteiger partial charge in [0.15, 0.2) is 5.69 Å². The minimum atomic E-state index is -4.57. The number of esters is 1. The lowest BCUT2D eigenvalue weighted by atomic mass is 10.1. The van der Waals surface area contributed by atoms with Gasteiger partial charge in [-0.3, -0.25) is 0 Å². The van der Waals surface area contributed by atoms with Crippen LogP contribution in [0.25, 0.3) is 0 Å². The number of methoxy groups -OCH3 is 1. The predicted octanol–water partition coefficient (Wildman–Crippen LogP) is 4.21. The van der Waals surface area contributed by atoms with Crippen molar-refractivity contribution in [1.82, 2.24) is 4.98 Å². The number of hydrogen-bond acceptors (Lipinski definition) is 7. The Balaban J connectivity index is 1.73.